The van der Waals surface area contributed by atoms with Gasteiger partial charge < -0.3 is 14.6 Å². The topological polar surface area (TPSA) is 56.2 Å². The third-order valence-electron chi connectivity index (χ3n) is 5.24. The number of nitrogens with zero attached hydrogens (tertiary/aromatic N) is 2. The number of hydrogen-bond donors (Lipinski definition) is 1. The highest BCUT2D eigenvalue weighted by Gasteiger charge is 2.10. The second-order valence-corrected chi connectivity index (χ2v) is 7.43. The number of nitrogens with one attached hydrogen (secondary N) is 1. The number of fused-ring (bicyclic) bond motifs is 2. The van der Waals surface area contributed by atoms with Gasteiger partial charge in [0.1, 0.15) is 11.6 Å². The molecule has 0 atom stereocenters. The van der Waals surface area contributed by atoms with E-state index in [9.17, 15) is 4.79 Å². The van der Waals surface area contributed by atoms with Crippen molar-refractivity contribution >= 4 is 27.7 Å². The Labute approximate surface area is 176 Å². The van der Waals surface area contributed by atoms with Gasteiger partial charge in [-0.05, 0) is 36.4 Å². The number of imidazole rings is 1. The van der Waals surface area contributed by atoms with E-state index in [0.717, 1.165) is 53.8 Å². The fraction of sp³-hybridized carbons (Fsp3) is 0.280. The first-order valence-electron chi connectivity index (χ1n) is 10.5. The van der Waals surface area contributed by atoms with E-state index in [1.165, 1.54) is 5.39 Å². The summed E-state index contributed by atoms with van der Waals surface area (Å²) in [4.78, 5) is 16.0. The second-order valence-electron chi connectivity index (χ2n) is 7.43. The summed E-state index contributed by atoms with van der Waals surface area (Å²) in [6.07, 6.45) is 2.68. The van der Waals surface area contributed by atoms with Gasteiger partial charge in [-0.25, -0.2) is 4.98 Å². The Kier molecular flexibility index (Phi) is 6.28. The van der Waals surface area contributed by atoms with Gasteiger partial charge in [0.05, 0.1) is 17.6 Å². The monoisotopic (exact) mass is 401 g/mol. The van der Waals surface area contributed by atoms with Crippen LogP contribution in [0.1, 0.15) is 25.6 Å². The van der Waals surface area contributed by atoms with Gasteiger partial charge in [0.15, 0.2) is 0 Å². The van der Waals surface area contributed by atoms with Gasteiger partial charge in [0.2, 0.25) is 5.91 Å². The predicted octanol–water partition coefficient (Wildman–Crippen LogP) is 4.73. The first-order chi connectivity index (χ1) is 14.7. The van der Waals surface area contributed by atoms with Crippen LogP contribution in [0.15, 0.2) is 66.7 Å². The van der Waals surface area contributed by atoms with Gasteiger partial charge in [0, 0.05) is 31.8 Å². The number of hydrogen-bond acceptors (Lipinski definition) is 3. The van der Waals surface area contributed by atoms with Gasteiger partial charge in [-0.1, -0.05) is 48.5 Å². The zero-order valence-corrected chi connectivity index (χ0v) is 17.3. The molecule has 154 valence electrons. The molecule has 4 rings (SSSR count). The van der Waals surface area contributed by atoms with Crippen molar-refractivity contribution in [1.29, 1.82) is 0 Å². The minimum absolute atomic E-state index is 0.0109. The molecule has 1 N–H and O–H groups in total. The molecule has 0 aliphatic heterocycles. The summed E-state index contributed by atoms with van der Waals surface area (Å²) in [6.45, 7) is 3.71. The molecule has 1 heterocycles. The van der Waals surface area contributed by atoms with Crippen LogP contribution in [0.3, 0.4) is 0 Å². The van der Waals surface area contributed by atoms with Crippen molar-refractivity contribution < 1.29 is 9.53 Å². The average Bonchev–Trinajstić information content (AvgIpc) is 3.11. The maximum absolute atomic E-state index is 11.2. The zero-order valence-electron chi connectivity index (χ0n) is 17.3. The Morgan fingerprint density at radius 3 is 2.70 bits per heavy atom. The van der Waals surface area contributed by atoms with Crippen molar-refractivity contribution in [3.63, 3.8) is 0 Å². The summed E-state index contributed by atoms with van der Waals surface area (Å²) in [5.74, 6) is 1.94. The molecule has 0 bridgehead atoms. The number of carbonyl (C=O) groups excluding carboxylic acids is 1. The first-order valence-corrected chi connectivity index (χ1v) is 10.5. The van der Waals surface area contributed by atoms with E-state index in [4.69, 9.17) is 9.72 Å². The minimum atomic E-state index is -0.0109. The van der Waals surface area contributed by atoms with Crippen LogP contribution in [0.5, 0.6) is 5.75 Å². The van der Waals surface area contributed by atoms with E-state index in [-0.39, 0.29) is 5.91 Å². The number of ether oxygens (including phenoxy) is 1. The van der Waals surface area contributed by atoms with Crippen LogP contribution < -0.4 is 10.1 Å². The lowest BCUT2D eigenvalue weighted by Gasteiger charge is -2.11. The van der Waals surface area contributed by atoms with Crippen molar-refractivity contribution in [2.45, 2.75) is 32.7 Å². The van der Waals surface area contributed by atoms with Gasteiger partial charge >= 0.3 is 0 Å². The Balaban J connectivity index is 1.36. The number of rotatable bonds is 9. The Morgan fingerprint density at radius 1 is 1.00 bits per heavy atom. The molecule has 5 heteroatoms. The largest absolute Gasteiger partial charge is 0.493 e. The Morgan fingerprint density at radius 2 is 1.80 bits per heavy atom. The number of unbranched alkanes of at least 4 members (excludes halogenated alkanes) is 1. The molecule has 4 aromatic rings. The van der Waals surface area contributed by atoms with Gasteiger partial charge in [-0.2, -0.15) is 0 Å². The third-order valence-corrected chi connectivity index (χ3v) is 5.24. The number of benzene rings is 3. The molecular formula is C25H27N3O2. The number of para-hydroxylation sites is 2. The minimum Gasteiger partial charge on any atom is -0.493 e. The molecule has 1 aromatic heterocycles. The Hall–Kier alpha value is -3.34. The summed E-state index contributed by atoms with van der Waals surface area (Å²) in [7, 11) is 0. The molecule has 0 spiro atoms. The first kappa shape index (κ1) is 20.0. The molecule has 0 aliphatic rings. The summed E-state index contributed by atoms with van der Waals surface area (Å²) >= 11 is 0. The zero-order chi connectivity index (χ0) is 20.8. The van der Waals surface area contributed by atoms with Crippen LogP contribution in [0.25, 0.3) is 21.8 Å². The highest BCUT2D eigenvalue weighted by molar-refractivity contribution is 5.88. The lowest BCUT2D eigenvalue weighted by molar-refractivity contribution is -0.118. The van der Waals surface area contributed by atoms with Crippen LogP contribution in [-0.4, -0.2) is 28.6 Å². The van der Waals surface area contributed by atoms with E-state index in [1.807, 2.05) is 42.5 Å². The third kappa shape index (κ3) is 4.62. The van der Waals surface area contributed by atoms with Crippen molar-refractivity contribution in [3.8, 4) is 5.75 Å². The molecule has 0 saturated carbocycles. The van der Waals surface area contributed by atoms with E-state index in [0.29, 0.717) is 13.2 Å². The van der Waals surface area contributed by atoms with Gasteiger partial charge in [0.25, 0.3) is 0 Å². The van der Waals surface area contributed by atoms with E-state index in [2.05, 4.69) is 34.1 Å². The molecule has 30 heavy (non-hydrogen) atoms. The predicted molar refractivity (Wildman–Crippen MR) is 121 cm³/mol. The molecule has 0 saturated heterocycles. The molecule has 0 unspecified atom stereocenters. The van der Waals surface area contributed by atoms with Gasteiger partial charge in [-0.15, -0.1) is 0 Å². The van der Waals surface area contributed by atoms with E-state index >= 15 is 0 Å². The number of aromatic nitrogens is 2. The average molecular weight is 402 g/mol. The number of aryl methyl sites for hydroxylation is 1. The van der Waals surface area contributed by atoms with Crippen LogP contribution in [0.4, 0.5) is 0 Å². The molecule has 1 amide bonds. The van der Waals surface area contributed by atoms with E-state index in [1.54, 1.807) is 6.92 Å². The summed E-state index contributed by atoms with van der Waals surface area (Å²) in [5, 5.41) is 5.21. The SMILES string of the molecule is CC(=O)NCCc1nc2ccccc2n1CCCCOc1cccc2ccccc12. The van der Waals surface area contributed by atoms with Crippen LogP contribution in [0, 0.1) is 0 Å². The molecule has 3 aromatic carbocycles. The summed E-state index contributed by atoms with van der Waals surface area (Å²) in [5.41, 5.74) is 2.15. The van der Waals surface area contributed by atoms with Crippen molar-refractivity contribution in [3.05, 3.63) is 72.6 Å². The molecular weight excluding hydrogens is 374 g/mol. The van der Waals surface area contributed by atoms with E-state index < -0.39 is 0 Å². The second kappa shape index (κ2) is 9.44. The standard InChI is InChI=1S/C25H27N3O2/c1-19(29)26-16-15-25-27-22-12-4-5-13-23(22)28(25)17-6-7-18-30-24-14-8-10-20-9-2-3-11-21(20)24/h2-5,8-14H,6-7,15-18H2,1H3,(H,26,29). The lowest BCUT2D eigenvalue weighted by Crippen LogP contribution is -2.23. The summed E-state index contributed by atoms with van der Waals surface area (Å²) < 4.78 is 8.35. The van der Waals surface area contributed by atoms with Crippen LogP contribution >= 0.6 is 0 Å². The maximum Gasteiger partial charge on any atom is 0.216 e. The quantitative estimate of drug-likeness (QED) is 0.413. The number of carbonyl (C=O) groups is 1. The van der Waals surface area contributed by atoms with Gasteiger partial charge in [-0.3, -0.25) is 4.79 Å². The van der Waals surface area contributed by atoms with Crippen LogP contribution in [0.2, 0.25) is 0 Å². The number of amides is 1. The smallest absolute Gasteiger partial charge is 0.216 e. The highest BCUT2D eigenvalue weighted by Crippen LogP contribution is 2.25. The van der Waals surface area contributed by atoms with Crippen molar-refractivity contribution in [2.24, 2.45) is 0 Å². The maximum atomic E-state index is 11.2. The van der Waals surface area contributed by atoms with Crippen LogP contribution in [-0.2, 0) is 17.8 Å². The fourth-order valence-electron chi connectivity index (χ4n) is 3.79. The molecule has 5 nitrogen and oxygen atoms in total. The normalized spacial score (nSPS) is 11.1. The summed E-state index contributed by atoms with van der Waals surface area (Å²) in [6, 6.07) is 22.7. The lowest BCUT2D eigenvalue weighted by atomic mass is 10.1. The fourth-order valence-corrected chi connectivity index (χ4v) is 3.79. The molecule has 0 radical (unpaired) electrons. The molecule has 0 aliphatic carbocycles. The molecule has 0 fully saturated rings. The van der Waals surface area contributed by atoms with Crippen molar-refractivity contribution in [2.75, 3.05) is 13.2 Å². The Bertz CT molecular complexity index is 1140. The highest BCUT2D eigenvalue weighted by atomic mass is 16.5. The van der Waals surface area contributed by atoms with Crippen molar-refractivity contribution in [1.82, 2.24) is 14.9 Å².